The minimum absolute atomic E-state index is 0.615. The Morgan fingerprint density at radius 3 is 2.77 bits per heavy atom. The summed E-state index contributed by atoms with van der Waals surface area (Å²) >= 11 is 0. The van der Waals surface area contributed by atoms with Gasteiger partial charge in [0.1, 0.15) is 35.4 Å². The molecule has 7 heteroatoms. The lowest BCUT2D eigenvalue weighted by atomic mass is 9.75. The number of hydrogen-bond acceptors (Lipinski definition) is 6. The molecule has 164 valence electrons. The van der Waals surface area contributed by atoms with Crippen LogP contribution in [0.3, 0.4) is 0 Å². The highest BCUT2D eigenvalue weighted by Gasteiger charge is 2.60. The normalized spacial score (nSPS) is 30.3. The Morgan fingerprint density at radius 2 is 1.97 bits per heavy atom. The van der Waals surface area contributed by atoms with Gasteiger partial charge in [-0.1, -0.05) is 18.2 Å². The number of aliphatic hydroxyl groups excluding tert-OH is 1. The first-order valence-electron chi connectivity index (χ1n) is 10.9. The fraction of sp³-hybridized carbons (Fsp3) is 0.500. The van der Waals surface area contributed by atoms with Crippen molar-refractivity contribution in [2.75, 3.05) is 0 Å². The second-order valence-electron chi connectivity index (χ2n) is 9.29. The number of hydrogen-bond donors (Lipinski definition) is 3. The van der Waals surface area contributed by atoms with Crippen LogP contribution in [0.5, 0.6) is 0 Å². The lowest BCUT2D eigenvalue weighted by Crippen LogP contribution is -2.54. The van der Waals surface area contributed by atoms with E-state index in [-0.39, 0.29) is 0 Å². The van der Waals surface area contributed by atoms with Crippen molar-refractivity contribution in [3.63, 3.8) is 0 Å². The molecule has 5 atom stereocenters. The average Bonchev–Trinajstić information content (AvgIpc) is 3.27. The van der Waals surface area contributed by atoms with Gasteiger partial charge in [-0.25, -0.2) is 9.97 Å². The van der Waals surface area contributed by atoms with E-state index in [4.69, 9.17) is 4.74 Å². The molecule has 1 aliphatic heterocycles. The average molecular weight is 424 g/mol. The number of aryl methyl sites for hydroxylation is 2. The maximum atomic E-state index is 11.7. The zero-order valence-electron chi connectivity index (χ0n) is 18.1. The Balaban J connectivity index is 1.57. The van der Waals surface area contributed by atoms with Gasteiger partial charge in [0, 0.05) is 11.6 Å². The van der Waals surface area contributed by atoms with Crippen LogP contribution in [0.1, 0.15) is 55.3 Å². The molecular formula is C24H29N3O4. The summed E-state index contributed by atoms with van der Waals surface area (Å²) in [5.74, 6) is 0. The third-order valence-electron chi connectivity index (χ3n) is 7.11. The number of aliphatic hydroxyl groups is 3. The van der Waals surface area contributed by atoms with Gasteiger partial charge in [0.15, 0.2) is 6.23 Å². The van der Waals surface area contributed by atoms with Gasteiger partial charge < -0.3 is 24.6 Å². The maximum absolute atomic E-state index is 11.7. The number of ether oxygens (including phenoxy) is 1. The molecule has 0 saturated carbocycles. The Morgan fingerprint density at radius 1 is 1.19 bits per heavy atom. The first-order chi connectivity index (χ1) is 14.7. The molecule has 7 nitrogen and oxygen atoms in total. The van der Waals surface area contributed by atoms with Crippen molar-refractivity contribution in [3.8, 4) is 0 Å². The first-order valence-corrected chi connectivity index (χ1v) is 10.9. The van der Waals surface area contributed by atoms with E-state index in [1.807, 2.05) is 25.1 Å². The number of rotatable bonds is 3. The fourth-order valence-electron chi connectivity index (χ4n) is 5.41. The van der Waals surface area contributed by atoms with Crippen molar-refractivity contribution >= 4 is 11.0 Å². The monoisotopic (exact) mass is 423 g/mol. The molecule has 0 amide bonds. The van der Waals surface area contributed by atoms with Crippen LogP contribution in [0.25, 0.3) is 11.0 Å². The second kappa shape index (κ2) is 7.10. The molecule has 3 heterocycles. The van der Waals surface area contributed by atoms with E-state index < -0.39 is 29.6 Å². The fourth-order valence-corrected chi connectivity index (χ4v) is 5.41. The molecular weight excluding hydrogens is 394 g/mol. The highest BCUT2D eigenvalue weighted by atomic mass is 16.6. The molecule has 1 aromatic carbocycles. The van der Waals surface area contributed by atoms with E-state index in [0.29, 0.717) is 5.65 Å². The summed E-state index contributed by atoms with van der Waals surface area (Å²) in [6.07, 6.45) is 4.15. The van der Waals surface area contributed by atoms with Crippen LogP contribution in [-0.4, -0.2) is 47.7 Å². The minimum atomic E-state index is -1.68. The van der Waals surface area contributed by atoms with Gasteiger partial charge in [0.05, 0.1) is 5.69 Å². The van der Waals surface area contributed by atoms with Gasteiger partial charge in [0.25, 0.3) is 0 Å². The van der Waals surface area contributed by atoms with E-state index in [1.54, 1.807) is 17.7 Å². The smallest absolute Gasteiger partial charge is 0.164 e. The van der Waals surface area contributed by atoms with Crippen molar-refractivity contribution in [1.29, 1.82) is 0 Å². The molecule has 0 unspecified atom stereocenters. The summed E-state index contributed by atoms with van der Waals surface area (Å²) in [6.45, 7) is 5.09. The van der Waals surface area contributed by atoms with Crippen molar-refractivity contribution < 1.29 is 20.1 Å². The Labute approximate surface area is 181 Å². The zero-order valence-corrected chi connectivity index (χ0v) is 18.1. The van der Waals surface area contributed by atoms with Crippen LogP contribution in [0.2, 0.25) is 0 Å². The van der Waals surface area contributed by atoms with Crippen molar-refractivity contribution in [3.05, 3.63) is 59.2 Å². The van der Waals surface area contributed by atoms with Gasteiger partial charge in [-0.15, -0.1) is 0 Å². The lowest BCUT2D eigenvalue weighted by molar-refractivity contribution is -0.162. The van der Waals surface area contributed by atoms with E-state index in [0.717, 1.165) is 47.9 Å². The van der Waals surface area contributed by atoms with E-state index in [2.05, 4.69) is 16.0 Å². The molecule has 3 N–H and O–H groups in total. The summed E-state index contributed by atoms with van der Waals surface area (Å²) in [5, 5.41) is 35.0. The van der Waals surface area contributed by atoms with E-state index in [1.165, 1.54) is 18.8 Å². The standard InChI is InChI=1S/C24H29N3O4/c1-14-16-11-12-27(20(16)26-13-25-14)21-19(28)24(3,30)22(31-21)23(2,29)18-10-6-8-15-7-4-5-9-17(15)18/h6,8,10-13,19,21-22,28-30H,4-5,7,9H2,1-3H3/t19-,21+,22+,23-,24-/m0/s1. The Bertz CT molecular complexity index is 1140. The second-order valence-corrected chi connectivity index (χ2v) is 9.29. The maximum Gasteiger partial charge on any atom is 0.164 e. The molecule has 5 rings (SSSR count). The predicted molar refractivity (Wildman–Crippen MR) is 115 cm³/mol. The summed E-state index contributed by atoms with van der Waals surface area (Å²) < 4.78 is 7.95. The van der Waals surface area contributed by atoms with Crippen molar-refractivity contribution in [2.24, 2.45) is 0 Å². The van der Waals surface area contributed by atoms with Crippen LogP contribution >= 0.6 is 0 Å². The minimum Gasteiger partial charge on any atom is -0.385 e. The lowest BCUT2D eigenvalue weighted by Gasteiger charge is -2.39. The van der Waals surface area contributed by atoms with Crippen LogP contribution in [0.4, 0.5) is 0 Å². The Kier molecular flexibility index (Phi) is 4.71. The van der Waals surface area contributed by atoms with Crippen LogP contribution in [0.15, 0.2) is 36.8 Å². The van der Waals surface area contributed by atoms with Gasteiger partial charge in [-0.05, 0) is 69.2 Å². The summed E-state index contributed by atoms with van der Waals surface area (Å²) in [6, 6.07) is 7.83. The molecule has 2 aromatic heterocycles. The molecule has 1 aliphatic carbocycles. The molecule has 3 aromatic rings. The van der Waals surface area contributed by atoms with Gasteiger partial charge in [-0.2, -0.15) is 0 Å². The largest absolute Gasteiger partial charge is 0.385 e. The summed E-state index contributed by atoms with van der Waals surface area (Å²) in [7, 11) is 0. The van der Waals surface area contributed by atoms with Crippen LogP contribution in [-0.2, 0) is 23.2 Å². The highest BCUT2D eigenvalue weighted by Crippen LogP contribution is 2.47. The van der Waals surface area contributed by atoms with Gasteiger partial charge >= 0.3 is 0 Å². The zero-order chi connectivity index (χ0) is 22.0. The van der Waals surface area contributed by atoms with Crippen molar-refractivity contribution in [2.45, 2.75) is 76.1 Å². The Hall–Kier alpha value is -2.32. The molecule has 1 fully saturated rings. The van der Waals surface area contributed by atoms with E-state index >= 15 is 0 Å². The SMILES string of the molecule is Cc1ncnc2c1ccn2[C@@H]1O[C@H]([C@@](C)(O)c2cccc3c2CCCC3)[C@@](C)(O)[C@H]1O. The quantitative estimate of drug-likeness (QED) is 0.599. The summed E-state index contributed by atoms with van der Waals surface area (Å²) in [5.41, 5.74) is 1.40. The molecule has 2 aliphatic rings. The predicted octanol–water partition coefficient (Wildman–Crippen LogP) is 2.54. The van der Waals surface area contributed by atoms with Crippen LogP contribution < -0.4 is 0 Å². The van der Waals surface area contributed by atoms with Crippen molar-refractivity contribution in [1.82, 2.24) is 14.5 Å². The third-order valence-corrected chi connectivity index (χ3v) is 7.11. The number of aromatic nitrogens is 3. The molecule has 31 heavy (non-hydrogen) atoms. The number of benzene rings is 1. The molecule has 1 saturated heterocycles. The van der Waals surface area contributed by atoms with E-state index in [9.17, 15) is 15.3 Å². The molecule has 0 bridgehead atoms. The summed E-state index contributed by atoms with van der Waals surface area (Å²) in [4.78, 5) is 8.56. The number of fused-ring (bicyclic) bond motifs is 2. The first kappa shape index (κ1) is 20.6. The number of nitrogens with zero attached hydrogens (tertiary/aromatic N) is 3. The molecule has 0 radical (unpaired) electrons. The van der Waals surface area contributed by atoms with Gasteiger partial charge in [-0.3, -0.25) is 0 Å². The topological polar surface area (TPSA) is 101 Å². The molecule has 0 spiro atoms. The van der Waals surface area contributed by atoms with Gasteiger partial charge in [0.2, 0.25) is 0 Å². The van der Waals surface area contributed by atoms with Crippen LogP contribution in [0, 0.1) is 6.92 Å². The highest BCUT2D eigenvalue weighted by molar-refractivity contribution is 5.78. The third kappa shape index (κ3) is 3.03.